The third kappa shape index (κ3) is 9.12. The van der Waals surface area contributed by atoms with Crippen LogP contribution in [0.1, 0.15) is 125 Å². The lowest BCUT2D eigenvalue weighted by Crippen LogP contribution is -2.44. The number of anilines is 2. The number of likely N-dealkylation sites (tertiary alicyclic amines) is 1. The minimum Gasteiger partial charge on any atom is -0.480 e. The number of hydrogen-bond acceptors (Lipinski definition) is 8. The number of carboxylic acids is 1. The van der Waals surface area contributed by atoms with Gasteiger partial charge in [-0.3, -0.25) is 29.3 Å². The van der Waals surface area contributed by atoms with E-state index in [-0.39, 0.29) is 11.8 Å². The summed E-state index contributed by atoms with van der Waals surface area (Å²) in [5.74, 6) is -0.581. The van der Waals surface area contributed by atoms with E-state index in [0.29, 0.717) is 60.7 Å². The topological polar surface area (TPSA) is 157 Å². The molecule has 3 aliphatic rings. The molecule has 2 aromatic carbocycles. The smallest absolute Gasteiger partial charge is 0.320 e. The second-order valence-electron chi connectivity index (χ2n) is 16.2. The number of carbonyl (C=O) groups excluding carboxylic acids is 2. The van der Waals surface area contributed by atoms with Crippen LogP contribution in [0.15, 0.2) is 60.9 Å². The van der Waals surface area contributed by atoms with Gasteiger partial charge in [-0.15, -0.1) is 0 Å². The molecule has 2 saturated carbocycles. The van der Waals surface area contributed by atoms with Crippen LogP contribution in [0.5, 0.6) is 0 Å². The number of nitrogens with one attached hydrogen (secondary N) is 3. The van der Waals surface area contributed by atoms with Gasteiger partial charge in [0.15, 0.2) is 0 Å². The summed E-state index contributed by atoms with van der Waals surface area (Å²) in [5, 5.41) is 29.4. The van der Waals surface area contributed by atoms with Crippen molar-refractivity contribution in [2.45, 2.75) is 109 Å². The van der Waals surface area contributed by atoms with Gasteiger partial charge < -0.3 is 26.2 Å². The van der Waals surface area contributed by atoms with Gasteiger partial charge in [-0.2, -0.15) is 0 Å². The molecule has 2 aliphatic carbocycles. The number of amides is 2. The minimum atomic E-state index is -0.817. The van der Waals surface area contributed by atoms with Crippen LogP contribution in [0.2, 0.25) is 0 Å². The summed E-state index contributed by atoms with van der Waals surface area (Å²) < 4.78 is 0. The summed E-state index contributed by atoms with van der Waals surface area (Å²) in [6.45, 7) is 9.77. The Bertz CT molecular complexity index is 2100. The zero-order valence-electron chi connectivity index (χ0n) is 32.2. The zero-order chi connectivity index (χ0) is 38.9. The second-order valence-corrected chi connectivity index (χ2v) is 16.2. The molecule has 1 atom stereocenters. The fraction of sp³-hybridized carbons (Fsp3) is 0.432. The fourth-order valence-corrected chi connectivity index (χ4v) is 7.76. The first-order valence-corrected chi connectivity index (χ1v) is 19.6. The molecular formula is C44H52N6O5. The molecule has 11 nitrogen and oxygen atoms in total. The lowest BCUT2D eigenvalue weighted by atomic mass is 9.94. The van der Waals surface area contributed by atoms with Gasteiger partial charge in [0, 0.05) is 43.4 Å². The van der Waals surface area contributed by atoms with E-state index in [1.54, 1.807) is 26.2 Å². The number of rotatable bonds is 14. The molecule has 0 radical (unpaired) electrons. The van der Waals surface area contributed by atoms with Crippen molar-refractivity contribution in [2.24, 2.45) is 0 Å². The molecule has 1 saturated heterocycles. The molecule has 288 valence electrons. The highest BCUT2D eigenvalue weighted by Crippen LogP contribution is 2.43. The number of carboxylic acid groups (broad SMARTS) is 1. The summed E-state index contributed by atoms with van der Waals surface area (Å²) in [4.78, 5) is 50.3. The molecule has 0 bridgehead atoms. The highest BCUT2D eigenvalue weighted by molar-refractivity contribution is 6.05. The Morgan fingerprint density at radius 2 is 1.31 bits per heavy atom. The summed E-state index contributed by atoms with van der Waals surface area (Å²) in [6, 6.07) is 14.9. The number of piperidine rings is 1. The molecule has 2 aromatic heterocycles. The van der Waals surface area contributed by atoms with Crippen molar-refractivity contribution in [3.05, 3.63) is 106 Å². The van der Waals surface area contributed by atoms with Gasteiger partial charge in [0.05, 0.1) is 5.60 Å². The van der Waals surface area contributed by atoms with Crippen molar-refractivity contribution in [2.75, 3.05) is 23.7 Å². The van der Waals surface area contributed by atoms with Crippen LogP contribution in [0.4, 0.5) is 11.4 Å². The Hall–Kier alpha value is -4.97. The molecule has 4 aromatic rings. The maximum Gasteiger partial charge on any atom is 0.320 e. The first-order valence-electron chi connectivity index (χ1n) is 19.6. The molecule has 0 unspecified atom stereocenters. The van der Waals surface area contributed by atoms with E-state index in [2.05, 4.69) is 25.9 Å². The number of aromatic nitrogens is 2. The number of pyridine rings is 2. The van der Waals surface area contributed by atoms with Crippen LogP contribution in [-0.4, -0.2) is 67.6 Å². The van der Waals surface area contributed by atoms with E-state index in [0.717, 1.165) is 89.6 Å². The van der Waals surface area contributed by atoms with Crippen LogP contribution in [-0.2, 0) is 17.9 Å². The summed E-state index contributed by atoms with van der Waals surface area (Å²) in [5.41, 5.74) is 9.13. The maximum absolute atomic E-state index is 13.7. The van der Waals surface area contributed by atoms with Crippen LogP contribution in [0, 0.1) is 13.8 Å². The molecule has 2 amide bonds. The Balaban J connectivity index is 1.06. The van der Waals surface area contributed by atoms with E-state index < -0.39 is 17.6 Å². The van der Waals surface area contributed by atoms with Gasteiger partial charge in [0.2, 0.25) is 0 Å². The largest absolute Gasteiger partial charge is 0.480 e. The summed E-state index contributed by atoms with van der Waals surface area (Å²) in [7, 11) is 0. The molecule has 3 fully saturated rings. The van der Waals surface area contributed by atoms with E-state index in [9.17, 15) is 24.6 Å². The highest BCUT2D eigenvalue weighted by atomic mass is 16.4. The third-order valence-electron chi connectivity index (χ3n) is 11.1. The normalized spacial score (nSPS) is 17.5. The van der Waals surface area contributed by atoms with Crippen molar-refractivity contribution < 1.29 is 24.6 Å². The number of aliphatic hydroxyl groups is 1. The van der Waals surface area contributed by atoms with Gasteiger partial charge in [-0.05, 0) is 153 Å². The molecule has 3 heterocycles. The molecule has 5 N–H and O–H groups in total. The van der Waals surface area contributed by atoms with Crippen LogP contribution < -0.4 is 16.0 Å². The van der Waals surface area contributed by atoms with Crippen molar-refractivity contribution in [3.8, 4) is 11.1 Å². The molecule has 0 spiro atoms. The van der Waals surface area contributed by atoms with Crippen LogP contribution in [0.25, 0.3) is 11.1 Å². The number of carbonyl (C=O) groups is 3. The van der Waals surface area contributed by atoms with E-state index in [1.807, 2.05) is 67.3 Å². The fourth-order valence-electron chi connectivity index (χ4n) is 7.76. The third-order valence-corrected chi connectivity index (χ3v) is 11.1. The van der Waals surface area contributed by atoms with Crippen LogP contribution >= 0.6 is 0 Å². The predicted molar refractivity (Wildman–Crippen MR) is 213 cm³/mol. The van der Waals surface area contributed by atoms with Crippen molar-refractivity contribution in [3.63, 3.8) is 0 Å². The van der Waals surface area contributed by atoms with Gasteiger partial charge in [-0.25, -0.2) is 0 Å². The van der Waals surface area contributed by atoms with E-state index >= 15 is 0 Å². The van der Waals surface area contributed by atoms with Gasteiger partial charge in [0.25, 0.3) is 11.8 Å². The number of nitrogens with zero attached hydrogens (tertiary/aromatic N) is 3. The average molecular weight is 745 g/mol. The number of hydrogen-bond donors (Lipinski definition) is 5. The highest BCUT2D eigenvalue weighted by Gasteiger charge is 2.32. The minimum absolute atomic E-state index is 0.280. The SMILES string of the molecule is Cc1c(NC(=O)c2cc(C3CC3)c(CNCC(C)(C)O)cn2)cccc1-c1cccc(NC(=O)c2cc(C3CC3)c(CN3CCCC[C@H]3C(=O)O)cn2)c1C. The Morgan fingerprint density at radius 1 is 0.782 bits per heavy atom. The molecule has 1 aliphatic heterocycles. The van der Waals surface area contributed by atoms with E-state index in [1.165, 1.54) is 0 Å². The van der Waals surface area contributed by atoms with Gasteiger partial charge in [0.1, 0.15) is 17.4 Å². The van der Waals surface area contributed by atoms with Gasteiger partial charge >= 0.3 is 5.97 Å². The number of benzene rings is 2. The lowest BCUT2D eigenvalue weighted by Gasteiger charge is -2.33. The van der Waals surface area contributed by atoms with E-state index in [4.69, 9.17) is 0 Å². The summed E-state index contributed by atoms with van der Waals surface area (Å²) in [6.07, 6.45) is 10.3. The molecule has 11 heteroatoms. The Labute approximate surface area is 323 Å². The van der Waals surface area contributed by atoms with Gasteiger partial charge in [-0.1, -0.05) is 30.7 Å². The average Bonchev–Trinajstić information content (AvgIpc) is 4.08. The van der Waals surface area contributed by atoms with Crippen molar-refractivity contribution in [1.82, 2.24) is 20.2 Å². The monoisotopic (exact) mass is 744 g/mol. The second kappa shape index (κ2) is 16.0. The molecule has 7 rings (SSSR count). The van der Waals surface area contributed by atoms with Crippen molar-refractivity contribution >= 4 is 29.2 Å². The zero-order valence-corrected chi connectivity index (χ0v) is 32.2. The standard InChI is InChI=1S/C44H52N6O5/c1-26-32(9-7-11-36(26)48-41(51)38-19-34(28-14-15-28)30(22-46-38)21-45-25-44(3,4)55)33-10-8-12-37(27(33)2)49-42(52)39-20-35(29-16-17-29)31(23-47-39)24-50-18-6-5-13-40(50)43(53)54/h7-12,19-20,22-23,28-29,40,45,55H,5-6,13-18,21,24-25H2,1-4H3,(H,48,51)(H,49,52)(H,53,54)/t40-/m0/s1. The lowest BCUT2D eigenvalue weighted by molar-refractivity contribution is -0.144. The maximum atomic E-state index is 13.7. The summed E-state index contributed by atoms with van der Waals surface area (Å²) >= 11 is 0. The molecular weight excluding hydrogens is 693 g/mol. The van der Waals surface area contributed by atoms with Crippen molar-refractivity contribution in [1.29, 1.82) is 0 Å². The Morgan fingerprint density at radius 3 is 1.82 bits per heavy atom. The number of aliphatic carboxylic acids is 1. The predicted octanol–water partition coefficient (Wildman–Crippen LogP) is 7.32. The van der Waals surface area contributed by atoms with Crippen LogP contribution in [0.3, 0.4) is 0 Å². The first-order chi connectivity index (χ1) is 26.4. The quantitative estimate of drug-likeness (QED) is 0.0893. The first kappa shape index (κ1) is 38.3. The molecule has 55 heavy (non-hydrogen) atoms. The Kier molecular flexibility index (Phi) is 11.2.